The summed E-state index contributed by atoms with van der Waals surface area (Å²) in [4.78, 5) is 1.10. The molecular weight excluding hydrogens is 220 g/mol. The van der Waals surface area contributed by atoms with E-state index in [0.29, 0.717) is 5.69 Å². The van der Waals surface area contributed by atoms with E-state index >= 15 is 0 Å². The summed E-state index contributed by atoms with van der Waals surface area (Å²) in [6.07, 6.45) is 0. The molecule has 0 saturated heterocycles. The summed E-state index contributed by atoms with van der Waals surface area (Å²) in [5.41, 5.74) is 7.11. The first-order chi connectivity index (χ1) is 7.59. The molecule has 0 aliphatic carbocycles. The summed E-state index contributed by atoms with van der Waals surface area (Å²) in [6.45, 7) is 4.05. The van der Waals surface area contributed by atoms with Crippen LogP contribution in [0.4, 0.5) is 0 Å². The second-order valence-corrected chi connectivity index (χ2v) is 4.79. The van der Waals surface area contributed by atoms with Gasteiger partial charge in [-0.2, -0.15) is 5.10 Å². The molecule has 4 nitrogen and oxygen atoms in total. The zero-order valence-corrected chi connectivity index (χ0v) is 10.1. The lowest BCUT2D eigenvalue weighted by molar-refractivity contribution is 0.530. The molecule has 0 bridgehead atoms. The van der Waals surface area contributed by atoms with Gasteiger partial charge in [0.05, 0.1) is 4.88 Å². The van der Waals surface area contributed by atoms with E-state index in [1.807, 2.05) is 37.4 Å². The second kappa shape index (κ2) is 4.09. The molecule has 84 valence electrons. The van der Waals surface area contributed by atoms with Gasteiger partial charge in [-0.3, -0.25) is 10.1 Å². The van der Waals surface area contributed by atoms with Crippen molar-refractivity contribution in [3.63, 3.8) is 0 Å². The van der Waals surface area contributed by atoms with Crippen molar-refractivity contribution in [2.45, 2.75) is 19.9 Å². The van der Waals surface area contributed by atoms with E-state index in [2.05, 4.69) is 5.10 Å². The van der Waals surface area contributed by atoms with E-state index in [-0.39, 0.29) is 11.9 Å². The molecule has 0 aliphatic heterocycles. The highest BCUT2D eigenvalue weighted by Gasteiger charge is 2.14. The number of nitrogens with zero attached hydrogens (tertiary/aromatic N) is 2. The molecular formula is C11H14N4S. The first-order valence-electron chi connectivity index (χ1n) is 5.07. The fraction of sp³-hybridized carbons (Fsp3) is 0.273. The van der Waals surface area contributed by atoms with E-state index < -0.39 is 0 Å². The van der Waals surface area contributed by atoms with Gasteiger partial charge in [-0.1, -0.05) is 6.07 Å². The Morgan fingerprint density at radius 2 is 2.31 bits per heavy atom. The molecule has 2 heterocycles. The van der Waals surface area contributed by atoms with Gasteiger partial charge in [0.2, 0.25) is 0 Å². The highest BCUT2D eigenvalue weighted by Crippen LogP contribution is 2.25. The van der Waals surface area contributed by atoms with Gasteiger partial charge in [0, 0.05) is 6.04 Å². The summed E-state index contributed by atoms with van der Waals surface area (Å²) in [6, 6.07) is 6.07. The fourth-order valence-electron chi connectivity index (χ4n) is 1.53. The normalized spacial score (nSPS) is 10.9. The van der Waals surface area contributed by atoms with Crippen molar-refractivity contribution in [2.24, 2.45) is 5.73 Å². The molecule has 2 aromatic heterocycles. The Kier molecular flexibility index (Phi) is 2.78. The summed E-state index contributed by atoms with van der Waals surface area (Å²) >= 11 is 1.63. The molecule has 0 radical (unpaired) electrons. The maximum Gasteiger partial charge on any atom is 0.141 e. The van der Waals surface area contributed by atoms with Crippen molar-refractivity contribution in [1.29, 1.82) is 5.41 Å². The number of hydrogen-bond acceptors (Lipinski definition) is 3. The van der Waals surface area contributed by atoms with Crippen LogP contribution in [0, 0.1) is 5.41 Å². The topological polar surface area (TPSA) is 67.7 Å². The van der Waals surface area contributed by atoms with E-state index in [1.54, 1.807) is 16.0 Å². The molecule has 16 heavy (non-hydrogen) atoms. The van der Waals surface area contributed by atoms with Gasteiger partial charge >= 0.3 is 0 Å². The molecule has 2 aromatic rings. The molecule has 0 unspecified atom stereocenters. The molecule has 0 fully saturated rings. The van der Waals surface area contributed by atoms with Crippen LogP contribution >= 0.6 is 11.3 Å². The summed E-state index contributed by atoms with van der Waals surface area (Å²) < 4.78 is 1.79. The lowest BCUT2D eigenvalue weighted by Gasteiger charge is -2.08. The third-order valence-electron chi connectivity index (χ3n) is 2.27. The molecule has 3 N–H and O–H groups in total. The van der Waals surface area contributed by atoms with Crippen molar-refractivity contribution in [2.75, 3.05) is 0 Å². The largest absolute Gasteiger partial charge is 0.382 e. The van der Waals surface area contributed by atoms with E-state index in [0.717, 1.165) is 10.6 Å². The summed E-state index contributed by atoms with van der Waals surface area (Å²) in [5.74, 6) is 0.0593. The predicted molar refractivity (Wildman–Crippen MR) is 66.9 cm³/mol. The number of aromatic nitrogens is 2. The van der Waals surface area contributed by atoms with Crippen molar-refractivity contribution < 1.29 is 0 Å². The lowest BCUT2D eigenvalue weighted by atomic mass is 10.3. The number of thiophene rings is 1. The zero-order chi connectivity index (χ0) is 11.7. The van der Waals surface area contributed by atoms with Crippen molar-refractivity contribution in [1.82, 2.24) is 9.78 Å². The van der Waals surface area contributed by atoms with Crippen molar-refractivity contribution >= 4 is 17.2 Å². The maximum absolute atomic E-state index is 7.53. The minimum absolute atomic E-state index is 0.0593. The molecule has 0 atom stereocenters. The SMILES string of the molecule is CC(C)n1nc(-c2cccs2)cc1C(=N)N. The lowest BCUT2D eigenvalue weighted by Crippen LogP contribution is -2.18. The van der Waals surface area contributed by atoms with Gasteiger partial charge in [-0.15, -0.1) is 11.3 Å². The van der Waals surface area contributed by atoms with Gasteiger partial charge < -0.3 is 5.73 Å². The van der Waals surface area contributed by atoms with Gasteiger partial charge in [-0.05, 0) is 31.4 Å². The Morgan fingerprint density at radius 3 is 2.75 bits per heavy atom. The predicted octanol–water partition coefficient (Wildman–Crippen LogP) is 2.48. The Bertz CT molecular complexity index is 496. The summed E-state index contributed by atoms with van der Waals surface area (Å²) in [7, 11) is 0. The number of amidine groups is 1. The molecule has 0 saturated carbocycles. The van der Waals surface area contributed by atoms with Crippen LogP contribution in [0.1, 0.15) is 25.6 Å². The second-order valence-electron chi connectivity index (χ2n) is 3.84. The molecule has 0 aromatic carbocycles. The minimum atomic E-state index is 0.0593. The van der Waals surface area contributed by atoms with Gasteiger partial charge in [0.25, 0.3) is 0 Å². The molecule has 2 rings (SSSR count). The fourth-order valence-corrected chi connectivity index (χ4v) is 2.22. The van der Waals surface area contributed by atoms with Crippen LogP contribution in [-0.4, -0.2) is 15.6 Å². The van der Waals surface area contributed by atoms with Crippen LogP contribution in [-0.2, 0) is 0 Å². The first kappa shape index (κ1) is 10.9. The van der Waals surface area contributed by atoms with E-state index in [1.165, 1.54) is 0 Å². The standard InChI is InChI=1S/C11H14N4S/c1-7(2)15-9(11(12)13)6-8(14-15)10-4-3-5-16-10/h3-7H,1-2H3,(H3,12,13). The smallest absolute Gasteiger partial charge is 0.141 e. The van der Waals surface area contributed by atoms with E-state index in [4.69, 9.17) is 11.1 Å². The van der Waals surface area contributed by atoms with Crippen molar-refractivity contribution in [3.8, 4) is 10.6 Å². The molecule has 0 spiro atoms. The van der Waals surface area contributed by atoms with Gasteiger partial charge in [0.1, 0.15) is 17.2 Å². The Labute approximate surface area is 98.2 Å². The van der Waals surface area contributed by atoms with Crippen LogP contribution in [0.15, 0.2) is 23.6 Å². The van der Waals surface area contributed by atoms with Gasteiger partial charge in [0.15, 0.2) is 0 Å². The quantitative estimate of drug-likeness (QED) is 0.633. The van der Waals surface area contributed by atoms with Crippen LogP contribution in [0.25, 0.3) is 10.6 Å². The maximum atomic E-state index is 7.53. The minimum Gasteiger partial charge on any atom is -0.382 e. The molecule has 0 amide bonds. The number of nitrogens with two attached hydrogens (primary N) is 1. The Morgan fingerprint density at radius 1 is 1.56 bits per heavy atom. The third kappa shape index (κ3) is 1.86. The van der Waals surface area contributed by atoms with Crippen LogP contribution < -0.4 is 5.73 Å². The Balaban J connectivity index is 2.51. The van der Waals surface area contributed by atoms with E-state index in [9.17, 15) is 0 Å². The first-order valence-corrected chi connectivity index (χ1v) is 5.95. The van der Waals surface area contributed by atoms with Crippen LogP contribution in [0.5, 0.6) is 0 Å². The van der Waals surface area contributed by atoms with Crippen LogP contribution in [0.3, 0.4) is 0 Å². The Hall–Kier alpha value is -1.62. The zero-order valence-electron chi connectivity index (χ0n) is 9.27. The highest BCUT2D eigenvalue weighted by molar-refractivity contribution is 7.13. The van der Waals surface area contributed by atoms with Crippen molar-refractivity contribution in [3.05, 3.63) is 29.3 Å². The number of nitrogen functional groups attached to an aromatic ring is 1. The average Bonchev–Trinajstić information content (AvgIpc) is 2.86. The third-order valence-corrected chi connectivity index (χ3v) is 3.17. The van der Waals surface area contributed by atoms with Crippen LogP contribution in [0.2, 0.25) is 0 Å². The average molecular weight is 234 g/mol. The van der Waals surface area contributed by atoms with Gasteiger partial charge in [-0.25, -0.2) is 0 Å². The highest BCUT2D eigenvalue weighted by atomic mass is 32.1. The monoisotopic (exact) mass is 234 g/mol. The number of rotatable bonds is 3. The number of hydrogen-bond donors (Lipinski definition) is 2. The molecule has 0 aliphatic rings. The molecule has 5 heteroatoms. The summed E-state index contributed by atoms with van der Waals surface area (Å²) in [5, 5.41) is 14.0. The number of nitrogens with one attached hydrogen (secondary N) is 1.